The van der Waals surface area contributed by atoms with E-state index < -0.39 is 11.6 Å². The molecule has 1 spiro atoms. The van der Waals surface area contributed by atoms with Crippen molar-refractivity contribution in [2.45, 2.75) is 37.4 Å². The molecule has 3 saturated heterocycles. The normalized spacial score (nSPS) is 23.6. The SMILES string of the molecule is O=C1C[C@@H](N2CCC3(CC2)C(=O)NCN3c2ccccc2)C(=O)N1Cc1ccccc1. The molecule has 0 bridgehead atoms. The molecule has 3 amide bonds. The van der Waals surface area contributed by atoms with E-state index in [-0.39, 0.29) is 24.1 Å². The highest BCUT2D eigenvalue weighted by molar-refractivity contribution is 6.05. The van der Waals surface area contributed by atoms with Crippen molar-refractivity contribution in [3.63, 3.8) is 0 Å². The number of piperidine rings is 1. The molecule has 3 fully saturated rings. The number of carbonyl (C=O) groups is 3. The summed E-state index contributed by atoms with van der Waals surface area (Å²) in [5.74, 6) is -0.195. The van der Waals surface area contributed by atoms with E-state index in [1.54, 1.807) is 0 Å². The lowest BCUT2D eigenvalue weighted by Gasteiger charge is -2.44. The summed E-state index contributed by atoms with van der Waals surface area (Å²) in [6, 6.07) is 19.1. The standard InChI is InChI=1S/C24H26N4O3/c29-21-15-20(22(30)27(21)16-18-7-3-1-4-8-18)26-13-11-24(12-14-26)23(31)25-17-28(24)19-9-5-2-6-10-19/h1-10,20H,11-17H2,(H,25,31)/t20-/m1/s1. The van der Waals surface area contributed by atoms with E-state index in [4.69, 9.17) is 0 Å². The Hall–Kier alpha value is -3.19. The Morgan fingerprint density at radius 2 is 1.55 bits per heavy atom. The molecule has 7 heteroatoms. The predicted molar refractivity (Wildman–Crippen MR) is 116 cm³/mol. The first-order valence-electron chi connectivity index (χ1n) is 10.8. The molecule has 5 rings (SSSR count). The number of anilines is 1. The van der Waals surface area contributed by atoms with Gasteiger partial charge in [0.1, 0.15) is 5.54 Å². The van der Waals surface area contributed by atoms with Crippen LogP contribution in [0.3, 0.4) is 0 Å². The first kappa shape index (κ1) is 19.8. The fraction of sp³-hybridized carbons (Fsp3) is 0.375. The number of amides is 3. The van der Waals surface area contributed by atoms with Crippen molar-refractivity contribution in [2.24, 2.45) is 0 Å². The number of nitrogens with one attached hydrogen (secondary N) is 1. The maximum atomic E-state index is 13.1. The summed E-state index contributed by atoms with van der Waals surface area (Å²) < 4.78 is 0. The number of nitrogens with zero attached hydrogens (tertiary/aromatic N) is 3. The van der Waals surface area contributed by atoms with Crippen LogP contribution in [0, 0.1) is 0 Å². The molecule has 2 aromatic rings. The van der Waals surface area contributed by atoms with Crippen LogP contribution in [-0.2, 0) is 20.9 Å². The number of likely N-dealkylation sites (tertiary alicyclic amines) is 2. The van der Waals surface area contributed by atoms with Crippen molar-refractivity contribution in [1.29, 1.82) is 0 Å². The summed E-state index contributed by atoms with van der Waals surface area (Å²) in [4.78, 5) is 44.1. The van der Waals surface area contributed by atoms with E-state index in [1.807, 2.05) is 60.7 Å². The van der Waals surface area contributed by atoms with Gasteiger partial charge in [-0.25, -0.2) is 0 Å². The van der Waals surface area contributed by atoms with Crippen molar-refractivity contribution in [3.8, 4) is 0 Å². The Labute approximate surface area is 181 Å². The molecule has 0 saturated carbocycles. The van der Waals surface area contributed by atoms with Crippen molar-refractivity contribution in [1.82, 2.24) is 15.1 Å². The first-order chi connectivity index (χ1) is 15.1. The molecule has 0 unspecified atom stereocenters. The van der Waals surface area contributed by atoms with Gasteiger partial charge in [-0.2, -0.15) is 0 Å². The number of benzene rings is 2. The monoisotopic (exact) mass is 418 g/mol. The molecule has 2 aromatic carbocycles. The molecule has 1 N–H and O–H groups in total. The smallest absolute Gasteiger partial charge is 0.247 e. The largest absolute Gasteiger partial charge is 0.339 e. The van der Waals surface area contributed by atoms with Gasteiger partial charge in [-0.1, -0.05) is 48.5 Å². The lowest BCUT2D eigenvalue weighted by Crippen LogP contribution is -2.58. The number of rotatable bonds is 4. The maximum Gasteiger partial charge on any atom is 0.247 e. The molecular formula is C24H26N4O3. The van der Waals surface area contributed by atoms with Crippen molar-refractivity contribution in [3.05, 3.63) is 66.2 Å². The van der Waals surface area contributed by atoms with Crippen LogP contribution in [0.1, 0.15) is 24.8 Å². The van der Waals surface area contributed by atoms with Crippen molar-refractivity contribution < 1.29 is 14.4 Å². The zero-order chi connectivity index (χ0) is 21.4. The average Bonchev–Trinajstić information content (AvgIpc) is 3.27. The van der Waals surface area contributed by atoms with Gasteiger partial charge in [0.05, 0.1) is 25.7 Å². The summed E-state index contributed by atoms with van der Waals surface area (Å²) >= 11 is 0. The number of hydrogen-bond donors (Lipinski definition) is 1. The number of imide groups is 1. The van der Waals surface area contributed by atoms with E-state index in [2.05, 4.69) is 15.1 Å². The average molecular weight is 418 g/mol. The van der Waals surface area contributed by atoms with E-state index >= 15 is 0 Å². The fourth-order valence-electron chi connectivity index (χ4n) is 5.12. The van der Waals surface area contributed by atoms with Crippen molar-refractivity contribution >= 4 is 23.4 Å². The summed E-state index contributed by atoms with van der Waals surface area (Å²) in [5, 5.41) is 3.00. The Morgan fingerprint density at radius 1 is 0.903 bits per heavy atom. The van der Waals surface area contributed by atoms with E-state index in [1.165, 1.54) is 4.90 Å². The molecule has 3 heterocycles. The highest BCUT2D eigenvalue weighted by Crippen LogP contribution is 2.37. The minimum absolute atomic E-state index is 0.0514. The lowest BCUT2D eigenvalue weighted by molar-refractivity contribution is -0.140. The minimum atomic E-state index is -0.590. The molecule has 3 aliphatic rings. The van der Waals surface area contributed by atoms with E-state index in [0.717, 1.165) is 11.3 Å². The quantitative estimate of drug-likeness (QED) is 0.766. The van der Waals surface area contributed by atoms with Gasteiger partial charge >= 0.3 is 0 Å². The van der Waals surface area contributed by atoms with Crippen LogP contribution < -0.4 is 10.2 Å². The summed E-state index contributed by atoms with van der Waals surface area (Å²) in [5.41, 5.74) is 1.38. The maximum absolute atomic E-state index is 13.1. The highest BCUT2D eigenvalue weighted by Gasteiger charge is 2.52. The second kappa shape index (κ2) is 7.81. The van der Waals surface area contributed by atoms with Crippen LogP contribution in [0.2, 0.25) is 0 Å². The zero-order valence-electron chi connectivity index (χ0n) is 17.4. The molecular weight excluding hydrogens is 392 g/mol. The van der Waals surface area contributed by atoms with Gasteiger partial charge < -0.3 is 10.2 Å². The van der Waals surface area contributed by atoms with Gasteiger partial charge in [0.2, 0.25) is 17.7 Å². The fourth-order valence-corrected chi connectivity index (χ4v) is 5.12. The van der Waals surface area contributed by atoms with Gasteiger partial charge in [-0.3, -0.25) is 24.2 Å². The second-order valence-electron chi connectivity index (χ2n) is 8.52. The topological polar surface area (TPSA) is 73.0 Å². The molecule has 0 radical (unpaired) electrons. The minimum Gasteiger partial charge on any atom is -0.339 e. The van der Waals surface area contributed by atoms with Crippen molar-refractivity contribution in [2.75, 3.05) is 24.7 Å². The zero-order valence-corrected chi connectivity index (χ0v) is 17.4. The molecule has 7 nitrogen and oxygen atoms in total. The molecule has 160 valence electrons. The third kappa shape index (κ3) is 3.39. The molecule has 1 atom stereocenters. The van der Waals surface area contributed by atoms with Crippen LogP contribution in [0.15, 0.2) is 60.7 Å². The Bertz CT molecular complexity index is 986. The summed E-state index contributed by atoms with van der Waals surface area (Å²) in [6.07, 6.45) is 1.47. The lowest BCUT2D eigenvalue weighted by atomic mass is 9.85. The number of para-hydroxylation sites is 1. The number of carbonyl (C=O) groups excluding carboxylic acids is 3. The number of hydrogen-bond acceptors (Lipinski definition) is 5. The Kier molecular flexibility index (Phi) is 4.98. The molecule has 0 aliphatic carbocycles. The molecule has 31 heavy (non-hydrogen) atoms. The third-order valence-electron chi connectivity index (χ3n) is 6.87. The van der Waals surface area contributed by atoms with Crippen LogP contribution in [0.25, 0.3) is 0 Å². The summed E-state index contributed by atoms with van der Waals surface area (Å²) in [7, 11) is 0. The molecule has 0 aromatic heterocycles. The Balaban J connectivity index is 1.29. The van der Waals surface area contributed by atoms with Crippen LogP contribution in [-0.4, -0.2) is 58.9 Å². The van der Waals surface area contributed by atoms with Crippen LogP contribution in [0.5, 0.6) is 0 Å². The predicted octanol–water partition coefficient (Wildman–Crippen LogP) is 1.74. The third-order valence-corrected chi connectivity index (χ3v) is 6.87. The molecule has 3 aliphatic heterocycles. The Morgan fingerprint density at radius 3 is 2.23 bits per heavy atom. The van der Waals surface area contributed by atoms with Gasteiger partial charge in [-0.15, -0.1) is 0 Å². The van der Waals surface area contributed by atoms with Gasteiger partial charge in [0, 0.05) is 18.8 Å². The van der Waals surface area contributed by atoms with Gasteiger partial charge in [-0.05, 0) is 30.5 Å². The summed E-state index contributed by atoms with van der Waals surface area (Å²) in [6.45, 7) is 2.03. The highest BCUT2D eigenvalue weighted by atomic mass is 16.2. The second-order valence-corrected chi connectivity index (χ2v) is 8.52. The van der Waals surface area contributed by atoms with Crippen LogP contribution >= 0.6 is 0 Å². The van der Waals surface area contributed by atoms with E-state index in [0.29, 0.717) is 39.1 Å². The first-order valence-corrected chi connectivity index (χ1v) is 10.8. The van der Waals surface area contributed by atoms with Crippen LogP contribution in [0.4, 0.5) is 5.69 Å². The van der Waals surface area contributed by atoms with Gasteiger partial charge in [0.25, 0.3) is 0 Å². The van der Waals surface area contributed by atoms with E-state index in [9.17, 15) is 14.4 Å². The van der Waals surface area contributed by atoms with Gasteiger partial charge in [0.15, 0.2) is 0 Å².